The lowest BCUT2D eigenvalue weighted by Crippen LogP contribution is -2.29. The Bertz CT molecular complexity index is 628. The number of anilines is 1. The monoisotopic (exact) mass is 297 g/mol. The number of hydrogen-bond acceptors (Lipinski definition) is 5. The van der Waals surface area contributed by atoms with Gasteiger partial charge in [-0.15, -0.1) is 0 Å². The predicted molar refractivity (Wildman–Crippen MR) is 83.9 cm³/mol. The number of Topliss-reactive ketones (excluding diaryl/α,β-unsaturated/α-hetero) is 1. The third kappa shape index (κ3) is 3.49. The van der Waals surface area contributed by atoms with Gasteiger partial charge in [-0.05, 0) is 43.2 Å². The number of carbonyl (C=O) groups excluding carboxylic acids is 1. The molecule has 2 atom stereocenters. The van der Waals surface area contributed by atoms with Crippen LogP contribution in [0.4, 0.5) is 5.82 Å². The molecular weight excluding hydrogens is 278 g/mol. The van der Waals surface area contributed by atoms with E-state index < -0.39 is 0 Å². The normalized spacial score (nSPS) is 20.8. The molecule has 0 saturated carbocycles. The second-order valence-electron chi connectivity index (χ2n) is 5.60. The van der Waals surface area contributed by atoms with Crippen LogP contribution >= 0.6 is 0 Å². The number of nitrogens with zero attached hydrogens (tertiary/aromatic N) is 2. The van der Waals surface area contributed by atoms with E-state index in [-0.39, 0.29) is 11.8 Å². The molecule has 2 aromatic heterocycles. The molecule has 1 N–H and O–H groups in total. The van der Waals surface area contributed by atoms with Gasteiger partial charge in [-0.1, -0.05) is 0 Å². The molecule has 5 nitrogen and oxygen atoms in total. The van der Waals surface area contributed by atoms with Gasteiger partial charge in [0.25, 0.3) is 0 Å². The summed E-state index contributed by atoms with van der Waals surface area (Å²) in [6.07, 6.45) is 6.19. The average Bonchev–Trinajstić information content (AvgIpc) is 2.96. The quantitative estimate of drug-likeness (QED) is 0.858. The van der Waals surface area contributed by atoms with Crippen molar-refractivity contribution >= 4 is 11.6 Å². The Kier molecular flexibility index (Phi) is 4.44. The largest absolute Gasteiger partial charge is 0.379 e. The van der Waals surface area contributed by atoms with Crippen molar-refractivity contribution < 1.29 is 9.53 Å². The number of pyridine rings is 2. The van der Waals surface area contributed by atoms with Crippen LogP contribution in [0.5, 0.6) is 0 Å². The van der Waals surface area contributed by atoms with E-state index >= 15 is 0 Å². The van der Waals surface area contributed by atoms with Gasteiger partial charge in [0.15, 0.2) is 5.78 Å². The minimum Gasteiger partial charge on any atom is -0.379 e. The number of carbonyl (C=O) groups is 1. The van der Waals surface area contributed by atoms with E-state index in [1.165, 1.54) is 5.56 Å². The van der Waals surface area contributed by atoms with Gasteiger partial charge in [-0.25, -0.2) is 4.98 Å². The van der Waals surface area contributed by atoms with Gasteiger partial charge in [0.1, 0.15) is 5.82 Å². The van der Waals surface area contributed by atoms with E-state index in [1.54, 1.807) is 19.2 Å². The third-order valence-corrected chi connectivity index (χ3v) is 3.95. The fourth-order valence-electron chi connectivity index (χ4n) is 2.66. The SMILES string of the molecule is CC(=O)c1ccc(N[C@@H]2COC[C@H]2Cc2ccncc2)nc1. The summed E-state index contributed by atoms with van der Waals surface area (Å²) in [6.45, 7) is 2.96. The second kappa shape index (κ2) is 6.66. The van der Waals surface area contributed by atoms with Crippen LogP contribution < -0.4 is 5.32 Å². The van der Waals surface area contributed by atoms with E-state index in [4.69, 9.17) is 4.74 Å². The minimum atomic E-state index is 0.0267. The first kappa shape index (κ1) is 14.7. The maximum absolute atomic E-state index is 11.3. The highest BCUT2D eigenvalue weighted by molar-refractivity contribution is 5.93. The fraction of sp³-hybridized carbons (Fsp3) is 0.353. The average molecular weight is 297 g/mol. The Morgan fingerprint density at radius 2 is 2.09 bits per heavy atom. The van der Waals surface area contributed by atoms with Gasteiger partial charge < -0.3 is 10.1 Å². The summed E-state index contributed by atoms with van der Waals surface area (Å²) in [5, 5.41) is 3.41. The molecule has 0 spiro atoms. The van der Waals surface area contributed by atoms with Gasteiger partial charge in [-0.3, -0.25) is 9.78 Å². The van der Waals surface area contributed by atoms with Crippen LogP contribution in [0.25, 0.3) is 0 Å². The highest BCUT2D eigenvalue weighted by Crippen LogP contribution is 2.22. The molecular formula is C17H19N3O2. The molecule has 3 heterocycles. The maximum Gasteiger partial charge on any atom is 0.161 e. The van der Waals surface area contributed by atoms with E-state index in [0.717, 1.165) is 18.8 Å². The Morgan fingerprint density at radius 3 is 2.77 bits per heavy atom. The van der Waals surface area contributed by atoms with Crippen molar-refractivity contribution in [1.29, 1.82) is 0 Å². The molecule has 2 aromatic rings. The van der Waals surface area contributed by atoms with E-state index in [9.17, 15) is 4.79 Å². The van der Waals surface area contributed by atoms with Crippen molar-refractivity contribution in [3.05, 3.63) is 54.0 Å². The summed E-state index contributed by atoms with van der Waals surface area (Å²) >= 11 is 0. The van der Waals surface area contributed by atoms with Crippen LogP contribution in [0.15, 0.2) is 42.9 Å². The van der Waals surface area contributed by atoms with Crippen LogP contribution in [0.3, 0.4) is 0 Å². The molecule has 0 aromatic carbocycles. The molecule has 1 saturated heterocycles. The molecule has 1 aliphatic rings. The number of aromatic nitrogens is 2. The lowest BCUT2D eigenvalue weighted by molar-refractivity contribution is 0.101. The zero-order valence-electron chi connectivity index (χ0n) is 12.5. The Balaban J connectivity index is 1.64. The van der Waals surface area contributed by atoms with E-state index in [0.29, 0.717) is 18.1 Å². The first-order chi connectivity index (χ1) is 10.7. The van der Waals surface area contributed by atoms with Gasteiger partial charge in [-0.2, -0.15) is 0 Å². The maximum atomic E-state index is 11.3. The molecule has 0 radical (unpaired) electrons. The highest BCUT2D eigenvalue weighted by atomic mass is 16.5. The van der Waals surface area contributed by atoms with Gasteiger partial charge in [0.05, 0.1) is 19.3 Å². The number of nitrogens with one attached hydrogen (secondary N) is 1. The van der Waals surface area contributed by atoms with E-state index in [1.807, 2.05) is 30.6 Å². The van der Waals surface area contributed by atoms with Crippen LogP contribution in [-0.2, 0) is 11.2 Å². The fourth-order valence-corrected chi connectivity index (χ4v) is 2.66. The zero-order chi connectivity index (χ0) is 15.4. The van der Waals surface area contributed by atoms with Crippen LogP contribution in [0, 0.1) is 5.92 Å². The number of ketones is 1. The standard InChI is InChI=1S/C17H19N3O2/c1-12(21)14-2-3-17(19-9-14)20-16-11-22-10-15(16)8-13-4-6-18-7-5-13/h2-7,9,15-16H,8,10-11H2,1H3,(H,19,20)/t15-,16-/m1/s1. The van der Waals surface area contributed by atoms with Gasteiger partial charge in [0.2, 0.25) is 0 Å². The smallest absolute Gasteiger partial charge is 0.161 e. The van der Waals surface area contributed by atoms with E-state index in [2.05, 4.69) is 15.3 Å². The summed E-state index contributed by atoms with van der Waals surface area (Å²) in [5.74, 6) is 1.20. The number of ether oxygens (including phenoxy) is 1. The third-order valence-electron chi connectivity index (χ3n) is 3.95. The molecule has 114 valence electrons. The summed E-state index contributed by atoms with van der Waals surface area (Å²) in [5.41, 5.74) is 1.89. The molecule has 1 aliphatic heterocycles. The summed E-state index contributed by atoms with van der Waals surface area (Å²) < 4.78 is 5.62. The molecule has 0 unspecified atom stereocenters. The molecule has 0 aliphatic carbocycles. The molecule has 0 amide bonds. The lowest BCUT2D eigenvalue weighted by Gasteiger charge is -2.19. The molecule has 5 heteroatoms. The van der Waals surface area contributed by atoms with Gasteiger partial charge in [0, 0.05) is 30.1 Å². The molecule has 3 rings (SSSR count). The second-order valence-corrected chi connectivity index (χ2v) is 5.60. The van der Waals surface area contributed by atoms with Crippen molar-refractivity contribution in [2.45, 2.75) is 19.4 Å². The Labute approximate surface area is 129 Å². The zero-order valence-corrected chi connectivity index (χ0v) is 12.5. The van der Waals surface area contributed by atoms with Crippen molar-refractivity contribution in [2.24, 2.45) is 5.92 Å². The first-order valence-electron chi connectivity index (χ1n) is 7.42. The van der Waals surface area contributed by atoms with Crippen molar-refractivity contribution in [3.8, 4) is 0 Å². The van der Waals surface area contributed by atoms with Gasteiger partial charge >= 0.3 is 0 Å². The van der Waals surface area contributed by atoms with Crippen LogP contribution in [0.1, 0.15) is 22.8 Å². The minimum absolute atomic E-state index is 0.0267. The molecule has 22 heavy (non-hydrogen) atoms. The predicted octanol–water partition coefficient (Wildman–Crippen LogP) is 2.35. The molecule has 1 fully saturated rings. The van der Waals surface area contributed by atoms with Crippen LogP contribution in [0.2, 0.25) is 0 Å². The summed E-state index contributed by atoms with van der Waals surface area (Å²) in [7, 11) is 0. The van der Waals surface area contributed by atoms with Crippen molar-refractivity contribution in [3.63, 3.8) is 0 Å². The van der Waals surface area contributed by atoms with Crippen molar-refractivity contribution in [1.82, 2.24) is 9.97 Å². The molecule has 0 bridgehead atoms. The Morgan fingerprint density at radius 1 is 1.27 bits per heavy atom. The number of rotatable bonds is 5. The number of hydrogen-bond donors (Lipinski definition) is 1. The topological polar surface area (TPSA) is 64.1 Å². The van der Waals surface area contributed by atoms with Crippen molar-refractivity contribution in [2.75, 3.05) is 18.5 Å². The lowest BCUT2D eigenvalue weighted by atomic mass is 9.95. The first-order valence-corrected chi connectivity index (χ1v) is 7.42. The highest BCUT2D eigenvalue weighted by Gasteiger charge is 2.28. The Hall–Kier alpha value is -2.27. The summed E-state index contributed by atoms with van der Waals surface area (Å²) in [4.78, 5) is 19.6. The summed E-state index contributed by atoms with van der Waals surface area (Å²) in [6, 6.07) is 7.94. The van der Waals surface area contributed by atoms with Crippen LogP contribution in [-0.4, -0.2) is 35.0 Å².